The molecule has 2 aliphatic rings. The van der Waals surface area contributed by atoms with Crippen molar-refractivity contribution in [1.82, 2.24) is 5.32 Å². The van der Waals surface area contributed by atoms with Gasteiger partial charge in [0.2, 0.25) is 0 Å². The van der Waals surface area contributed by atoms with Crippen molar-refractivity contribution in [1.29, 1.82) is 0 Å². The van der Waals surface area contributed by atoms with Crippen LogP contribution in [0.1, 0.15) is 26.2 Å². The molecule has 2 fully saturated rings. The molecule has 4 heteroatoms. The van der Waals surface area contributed by atoms with Crippen molar-refractivity contribution in [3.63, 3.8) is 0 Å². The lowest BCUT2D eigenvalue weighted by molar-refractivity contribution is -0.120. The summed E-state index contributed by atoms with van der Waals surface area (Å²) < 4.78 is 11.9. The van der Waals surface area contributed by atoms with Crippen LogP contribution >= 0.6 is 11.8 Å². The van der Waals surface area contributed by atoms with Crippen molar-refractivity contribution in [2.75, 3.05) is 37.8 Å². The molecule has 2 heterocycles. The van der Waals surface area contributed by atoms with E-state index in [1.54, 1.807) is 0 Å². The molecule has 0 amide bonds. The molecule has 2 rings (SSSR count). The maximum absolute atomic E-state index is 5.97. The zero-order valence-corrected chi connectivity index (χ0v) is 11.0. The topological polar surface area (TPSA) is 30.5 Å². The molecule has 16 heavy (non-hydrogen) atoms. The van der Waals surface area contributed by atoms with Crippen molar-refractivity contribution in [2.45, 2.75) is 37.9 Å². The highest BCUT2D eigenvalue weighted by molar-refractivity contribution is 7.99. The fourth-order valence-electron chi connectivity index (χ4n) is 2.46. The van der Waals surface area contributed by atoms with Crippen LogP contribution in [-0.4, -0.2) is 49.5 Å². The summed E-state index contributed by atoms with van der Waals surface area (Å²) >= 11 is 2.02. The van der Waals surface area contributed by atoms with E-state index in [2.05, 4.69) is 12.2 Å². The zero-order valence-electron chi connectivity index (χ0n) is 10.2. The molecule has 0 saturated carbocycles. The van der Waals surface area contributed by atoms with E-state index in [0.29, 0.717) is 6.10 Å². The van der Waals surface area contributed by atoms with Gasteiger partial charge in [-0.05, 0) is 25.1 Å². The molecule has 2 aliphatic heterocycles. The van der Waals surface area contributed by atoms with E-state index in [9.17, 15) is 0 Å². The molecule has 1 N–H and O–H groups in total. The normalized spacial score (nSPS) is 34.7. The SMILES string of the molecule is CCNCCOC1CCOC2(CCSC2)C1. The van der Waals surface area contributed by atoms with E-state index in [1.165, 1.54) is 17.9 Å². The first-order chi connectivity index (χ1) is 7.85. The van der Waals surface area contributed by atoms with Crippen LogP contribution in [0.25, 0.3) is 0 Å². The van der Waals surface area contributed by atoms with Gasteiger partial charge < -0.3 is 14.8 Å². The predicted octanol–water partition coefficient (Wildman–Crippen LogP) is 1.67. The third kappa shape index (κ3) is 3.36. The number of thioether (sulfide) groups is 1. The van der Waals surface area contributed by atoms with Crippen LogP contribution in [0.15, 0.2) is 0 Å². The van der Waals surface area contributed by atoms with Gasteiger partial charge >= 0.3 is 0 Å². The lowest BCUT2D eigenvalue weighted by Crippen LogP contribution is -2.43. The molecular formula is C12H23NO2S. The number of hydrogen-bond donors (Lipinski definition) is 1. The Morgan fingerprint density at radius 3 is 3.25 bits per heavy atom. The lowest BCUT2D eigenvalue weighted by Gasteiger charge is -2.37. The summed E-state index contributed by atoms with van der Waals surface area (Å²) in [5.41, 5.74) is 0.159. The Hall–Kier alpha value is 0.230. The summed E-state index contributed by atoms with van der Waals surface area (Å²) in [5.74, 6) is 2.42. The largest absolute Gasteiger partial charge is 0.377 e. The van der Waals surface area contributed by atoms with Gasteiger partial charge in [-0.15, -0.1) is 0 Å². The minimum atomic E-state index is 0.159. The van der Waals surface area contributed by atoms with Gasteiger partial charge in [-0.2, -0.15) is 11.8 Å². The second-order valence-electron chi connectivity index (χ2n) is 4.67. The molecule has 0 aromatic heterocycles. The van der Waals surface area contributed by atoms with Crippen LogP contribution in [-0.2, 0) is 9.47 Å². The smallest absolute Gasteiger partial charge is 0.0805 e. The van der Waals surface area contributed by atoms with Crippen LogP contribution in [0.4, 0.5) is 0 Å². The number of ether oxygens (including phenoxy) is 2. The van der Waals surface area contributed by atoms with Crippen molar-refractivity contribution >= 4 is 11.8 Å². The van der Waals surface area contributed by atoms with E-state index >= 15 is 0 Å². The van der Waals surface area contributed by atoms with Crippen molar-refractivity contribution < 1.29 is 9.47 Å². The van der Waals surface area contributed by atoms with Crippen molar-refractivity contribution in [3.8, 4) is 0 Å². The average molecular weight is 245 g/mol. The highest BCUT2D eigenvalue weighted by Crippen LogP contribution is 2.38. The Morgan fingerprint density at radius 2 is 2.50 bits per heavy atom. The molecule has 3 nitrogen and oxygen atoms in total. The highest BCUT2D eigenvalue weighted by Gasteiger charge is 2.40. The number of likely N-dealkylation sites (N-methyl/N-ethyl adjacent to an activating group) is 1. The minimum Gasteiger partial charge on any atom is -0.377 e. The maximum Gasteiger partial charge on any atom is 0.0805 e. The quantitative estimate of drug-likeness (QED) is 0.746. The third-order valence-electron chi connectivity index (χ3n) is 3.40. The third-order valence-corrected chi connectivity index (χ3v) is 4.62. The molecule has 2 saturated heterocycles. The van der Waals surface area contributed by atoms with Gasteiger partial charge in [-0.3, -0.25) is 0 Å². The second kappa shape index (κ2) is 6.24. The van der Waals surface area contributed by atoms with E-state index in [1.807, 2.05) is 11.8 Å². The predicted molar refractivity (Wildman–Crippen MR) is 68.1 cm³/mol. The fourth-order valence-corrected chi connectivity index (χ4v) is 3.84. The summed E-state index contributed by atoms with van der Waals surface area (Å²) in [7, 11) is 0. The van der Waals surface area contributed by atoms with Crippen LogP contribution in [0.3, 0.4) is 0 Å². The summed E-state index contributed by atoms with van der Waals surface area (Å²) in [4.78, 5) is 0. The molecule has 1 spiro atoms. The monoisotopic (exact) mass is 245 g/mol. The van der Waals surface area contributed by atoms with Gasteiger partial charge in [0, 0.05) is 25.3 Å². The van der Waals surface area contributed by atoms with Gasteiger partial charge in [-0.1, -0.05) is 6.92 Å². The Morgan fingerprint density at radius 1 is 1.56 bits per heavy atom. The van der Waals surface area contributed by atoms with Crippen LogP contribution in [0.5, 0.6) is 0 Å². The molecular weight excluding hydrogens is 222 g/mol. The molecule has 2 unspecified atom stereocenters. The molecule has 0 radical (unpaired) electrons. The van der Waals surface area contributed by atoms with Crippen LogP contribution in [0.2, 0.25) is 0 Å². The van der Waals surface area contributed by atoms with Gasteiger partial charge in [0.1, 0.15) is 0 Å². The van der Waals surface area contributed by atoms with Crippen LogP contribution in [0, 0.1) is 0 Å². The van der Waals surface area contributed by atoms with Crippen molar-refractivity contribution in [2.24, 2.45) is 0 Å². The Bertz CT molecular complexity index is 207. The van der Waals surface area contributed by atoms with Gasteiger partial charge in [0.15, 0.2) is 0 Å². The summed E-state index contributed by atoms with van der Waals surface area (Å²) in [6.45, 7) is 5.83. The van der Waals surface area contributed by atoms with Gasteiger partial charge in [-0.25, -0.2) is 0 Å². The Kier molecular flexibility index (Phi) is 4.95. The van der Waals surface area contributed by atoms with Crippen LogP contribution < -0.4 is 5.32 Å². The first-order valence-corrected chi connectivity index (χ1v) is 7.54. The summed E-state index contributed by atoms with van der Waals surface area (Å²) in [6, 6.07) is 0. The van der Waals surface area contributed by atoms with E-state index < -0.39 is 0 Å². The van der Waals surface area contributed by atoms with E-state index in [4.69, 9.17) is 9.47 Å². The van der Waals surface area contributed by atoms with Gasteiger partial charge in [0.05, 0.1) is 18.3 Å². The first kappa shape index (κ1) is 12.7. The number of nitrogens with one attached hydrogen (secondary N) is 1. The molecule has 0 aromatic rings. The molecule has 0 bridgehead atoms. The number of hydrogen-bond acceptors (Lipinski definition) is 4. The summed E-state index contributed by atoms with van der Waals surface area (Å²) in [6.07, 6.45) is 3.81. The fraction of sp³-hybridized carbons (Fsp3) is 1.00. The zero-order chi connectivity index (χ0) is 11.3. The highest BCUT2D eigenvalue weighted by atomic mass is 32.2. The number of rotatable bonds is 5. The standard InChI is InChI=1S/C12H23NO2S/c1-2-13-5-7-14-11-3-6-15-12(9-11)4-8-16-10-12/h11,13H,2-10H2,1H3. The maximum atomic E-state index is 5.97. The molecule has 2 atom stereocenters. The van der Waals surface area contributed by atoms with Crippen molar-refractivity contribution in [3.05, 3.63) is 0 Å². The van der Waals surface area contributed by atoms with Gasteiger partial charge in [0.25, 0.3) is 0 Å². The van der Waals surface area contributed by atoms with E-state index in [-0.39, 0.29) is 5.60 Å². The second-order valence-corrected chi connectivity index (χ2v) is 5.78. The molecule has 0 aliphatic carbocycles. The first-order valence-electron chi connectivity index (χ1n) is 6.39. The Balaban J connectivity index is 1.70. The Labute approximate surface area is 103 Å². The molecule has 94 valence electrons. The average Bonchev–Trinajstić information content (AvgIpc) is 2.73. The lowest BCUT2D eigenvalue weighted by atomic mass is 9.91. The minimum absolute atomic E-state index is 0.159. The van der Waals surface area contributed by atoms with E-state index in [0.717, 1.165) is 39.1 Å². The molecule has 0 aromatic carbocycles. The summed E-state index contributed by atoms with van der Waals surface area (Å²) in [5, 5.41) is 3.29.